The Morgan fingerprint density at radius 3 is 2.68 bits per heavy atom. The van der Waals surface area contributed by atoms with E-state index in [0.29, 0.717) is 47.7 Å². The third kappa shape index (κ3) is 2.55. The minimum absolute atomic E-state index is 0.0288. The van der Waals surface area contributed by atoms with Gasteiger partial charge in [0.1, 0.15) is 6.10 Å². The summed E-state index contributed by atoms with van der Waals surface area (Å²) in [5, 5.41) is 9.15. The summed E-state index contributed by atoms with van der Waals surface area (Å²) in [6.45, 7) is 6.96. The molecular weight excluding hydrogens is 316 g/mol. The summed E-state index contributed by atoms with van der Waals surface area (Å²) in [5.74, 6) is 3.81. The molecule has 0 aromatic carbocycles. The zero-order chi connectivity index (χ0) is 17.9. The molecule has 4 nitrogen and oxygen atoms in total. The van der Waals surface area contributed by atoms with Gasteiger partial charge in [0.2, 0.25) is 0 Å². The number of ketones is 1. The molecule has 0 spiro atoms. The van der Waals surface area contributed by atoms with Gasteiger partial charge in [-0.3, -0.25) is 4.79 Å². The van der Waals surface area contributed by atoms with Gasteiger partial charge in [0.15, 0.2) is 5.78 Å². The molecule has 1 N–H and O–H groups in total. The molecule has 0 heterocycles. The normalized spacial score (nSPS) is 48.8. The van der Waals surface area contributed by atoms with Crippen LogP contribution in [0, 0.1) is 40.9 Å². The molecule has 3 saturated carbocycles. The highest BCUT2D eigenvalue weighted by Gasteiger charge is 2.61. The van der Waals surface area contributed by atoms with Gasteiger partial charge in [-0.25, -0.2) is 4.79 Å². The average molecular weight is 346 g/mol. The summed E-state index contributed by atoms with van der Waals surface area (Å²) in [4.78, 5) is 23.1. The van der Waals surface area contributed by atoms with E-state index < -0.39 is 6.16 Å². The third-order valence-corrected chi connectivity index (χ3v) is 8.10. The van der Waals surface area contributed by atoms with E-state index in [-0.39, 0.29) is 11.5 Å². The van der Waals surface area contributed by atoms with Crippen LogP contribution < -0.4 is 0 Å². The quantitative estimate of drug-likeness (QED) is 0.700. The van der Waals surface area contributed by atoms with Crippen molar-refractivity contribution >= 4 is 11.9 Å². The number of allylic oxidation sites excluding steroid dienone is 1. The van der Waals surface area contributed by atoms with Crippen molar-refractivity contribution in [3.05, 3.63) is 11.6 Å². The van der Waals surface area contributed by atoms with Crippen LogP contribution in [0.1, 0.15) is 59.3 Å². The Kier molecular flexibility index (Phi) is 4.01. The number of carbonyl (C=O) groups excluding carboxylic acids is 1. The first-order chi connectivity index (χ1) is 11.8. The minimum Gasteiger partial charge on any atom is -0.450 e. The largest absolute Gasteiger partial charge is 0.506 e. The van der Waals surface area contributed by atoms with Gasteiger partial charge in [-0.2, -0.15) is 0 Å². The van der Waals surface area contributed by atoms with Gasteiger partial charge in [0, 0.05) is 11.8 Å². The fourth-order valence-electron chi connectivity index (χ4n) is 7.40. The smallest absolute Gasteiger partial charge is 0.450 e. The summed E-state index contributed by atoms with van der Waals surface area (Å²) in [7, 11) is 0. The highest BCUT2D eigenvalue weighted by Crippen LogP contribution is 2.65. The predicted molar refractivity (Wildman–Crippen MR) is 94.1 cm³/mol. The van der Waals surface area contributed by atoms with Crippen LogP contribution in [-0.4, -0.2) is 23.1 Å². The van der Waals surface area contributed by atoms with Crippen molar-refractivity contribution in [2.24, 2.45) is 40.9 Å². The van der Waals surface area contributed by atoms with Gasteiger partial charge in [0.05, 0.1) is 0 Å². The first-order valence-corrected chi connectivity index (χ1v) is 9.94. The van der Waals surface area contributed by atoms with Crippen LogP contribution in [0.5, 0.6) is 0 Å². The molecule has 4 aliphatic carbocycles. The summed E-state index contributed by atoms with van der Waals surface area (Å²) in [6.07, 6.45) is 6.41. The predicted octanol–water partition coefficient (Wildman–Crippen LogP) is 4.68. The zero-order valence-corrected chi connectivity index (χ0v) is 15.5. The van der Waals surface area contributed by atoms with Gasteiger partial charge in [-0.1, -0.05) is 26.3 Å². The Labute approximate surface area is 150 Å². The second-order valence-electron chi connectivity index (χ2n) is 9.41. The molecule has 138 valence electrons. The number of rotatable bonds is 1. The van der Waals surface area contributed by atoms with Gasteiger partial charge >= 0.3 is 6.16 Å². The molecule has 0 aromatic rings. The Morgan fingerprint density at radius 1 is 1.20 bits per heavy atom. The van der Waals surface area contributed by atoms with Crippen LogP contribution in [0.4, 0.5) is 4.79 Å². The van der Waals surface area contributed by atoms with Crippen LogP contribution in [0.25, 0.3) is 0 Å². The van der Waals surface area contributed by atoms with Gasteiger partial charge in [-0.15, -0.1) is 0 Å². The molecule has 25 heavy (non-hydrogen) atoms. The number of carbonyl (C=O) groups is 2. The van der Waals surface area contributed by atoms with Gasteiger partial charge < -0.3 is 9.84 Å². The molecule has 0 radical (unpaired) electrons. The number of carboxylic acid groups (broad SMARTS) is 1. The molecule has 4 unspecified atom stereocenters. The lowest BCUT2D eigenvalue weighted by molar-refractivity contribution is -0.119. The van der Waals surface area contributed by atoms with Crippen LogP contribution in [0.2, 0.25) is 0 Å². The van der Waals surface area contributed by atoms with Gasteiger partial charge in [-0.05, 0) is 73.7 Å². The SMILES string of the molecule is C[C@@H]1CC2=CC(=O)CCC2C2C1C1CC[C@H](OC(=O)O)[C@@]1(C)C[C@@H]2C. The second kappa shape index (κ2) is 5.85. The van der Waals surface area contributed by atoms with E-state index in [1.807, 2.05) is 6.08 Å². The highest BCUT2D eigenvalue weighted by molar-refractivity contribution is 5.91. The van der Waals surface area contributed by atoms with Crippen LogP contribution in [0.3, 0.4) is 0 Å². The molecule has 0 bridgehead atoms. The van der Waals surface area contributed by atoms with E-state index in [1.54, 1.807) is 0 Å². The number of hydrogen-bond acceptors (Lipinski definition) is 3. The Balaban J connectivity index is 1.67. The van der Waals surface area contributed by atoms with Crippen molar-refractivity contribution < 1.29 is 19.4 Å². The monoisotopic (exact) mass is 346 g/mol. The fourth-order valence-corrected chi connectivity index (χ4v) is 7.40. The van der Waals surface area contributed by atoms with Crippen molar-refractivity contribution in [2.75, 3.05) is 0 Å². The Bertz CT molecular complexity index is 623. The van der Waals surface area contributed by atoms with E-state index in [9.17, 15) is 9.59 Å². The van der Waals surface area contributed by atoms with E-state index in [4.69, 9.17) is 9.84 Å². The molecule has 0 amide bonds. The van der Waals surface area contributed by atoms with Crippen molar-refractivity contribution in [3.8, 4) is 0 Å². The molecule has 4 rings (SSSR count). The average Bonchev–Trinajstić information content (AvgIpc) is 2.82. The molecule has 4 aliphatic rings. The van der Waals surface area contributed by atoms with E-state index in [0.717, 1.165) is 32.1 Å². The summed E-state index contributed by atoms with van der Waals surface area (Å²) in [6, 6.07) is 0. The fraction of sp³-hybridized carbons (Fsp3) is 0.810. The number of fused-ring (bicyclic) bond motifs is 5. The lowest BCUT2D eigenvalue weighted by atomic mass is 9.47. The maximum Gasteiger partial charge on any atom is 0.506 e. The molecule has 4 heteroatoms. The topological polar surface area (TPSA) is 63.6 Å². The summed E-state index contributed by atoms with van der Waals surface area (Å²) in [5.41, 5.74) is 1.37. The molecule has 0 aliphatic heterocycles. The van der Waals surface area contributed by atoms with E-state index in [1.165, 1.54) is 5.57 Å². The van der Waals surface area contributed by atoms with Crippen molar-refractivity contribution in [3.63, 3.8) is 0 Å². The van der Waals surface area contributed by atoms with Gasteiger partial charge in [0.25, 0.3) is 0 Å². The Hall–Kier alpha value is -1.32. The molecular formula is C21H30O4. The minimum atomic E-state index is -1.13. The number of ether oxygens (including phenoxy) is 1. The van der Waals surface area contributed by atoms with Crippen LogP contribution >= 0.6 is 0 Å². The summed E-state index contributed by atoms with van der Waals surface area (Å²) < 4.78 is 5.33. The molecule has 8 atom stereocenters. The highest BCUT2D eigenvalue weighted by atomic mass is 16.7. The van der Waals surface area contributed by atoms with E-state index >= 15 is 0 Å². The third-order valence-electron chi connectivity index (χ3n) is 8.10. The van der Waals surface area contributed by atoms with Crippen molar-refractivity contribution in [1.29, 1.82) is 0 Å². The molecule has 0 saturated heterocycles. The molecule has 3 fully saturated rings. The second-order valence-corrected chi connectivity index (χ2v) is 9.41. The summed E-state index contributed by atoms with van der Waals surface area (Å²) >= 11 is 0. The van der Waals surface area contributed by atoms with Crippen molar-refractivity contribution in [1.82, 2.24) is 0 Å². The lowest BCUT2D eigenvalue weighted by Gasteiger charge is -2.58. The Morgan fingerprint density at radius 2 is 1.96 bits per heavy atom. The van der Waals surface area contributed by atoms with Crippen LogP contribution in [-0.2, 0) is 9.53 Å². The standard InChI is InChI=1S/C21H30O4/c1-11-8-13-9-14(22)4-5-15(13)18-12(2)10-21(3)16(19(11)18)6-7-17(21)25-20(23)24/h9,11-12,15-19H,4-8,10H2,1-3H3,(H,23,24)/t11-,12+,15?,16?,17+,18?,19?,21+/m1/s1. The first kappa shape index (κ1) is 17.1. The van der Waals surface area contributed by atoms with Crippen LogP contribution in [0.15, 0.2) is 11.6 Å². The maximum atomic E-state index is 11.9. The molecule has 0 aromatic heterocycles. The number of hydrogen-bond donors (Lipinski definition) is 1. The zero-order valence-electron chi connectivity index (χ0n) is 15.5. The van der Waals surface area contributed by atoms with Crippen molar-refractivity contribution in [2.45, 2.75) is 65.4 Å². The van der Waals surface area contributed by atoms with E-state index in [2.05, 4.69) is 20.8 Å². The maximum absolute atomic E-state index is 11.9. The first-order valence-electron chi connectivity index (χ1n) is 9.94. The lowest BCUT2D eigenvalue weighted by Crippen LogP contribution is -2.53.